The lowest BCUT2D eigenvalue weighted by Crippen LogP contribution is -2.21. The van der Waals surface area contributed by atoms with Gasteiger partial charge in [0.25, 0.3) is 0 Å². The molecule has 0 unspecified atom stereocenters. The Labute approximate surface area is 74.9 Å². The van der Waals surface area contributed by atoms with Gasteiger partial charge >= 0.3 is 0 Å². The quantitative estimate of drug-likeness (QED) is 0.749. The summed E-state index contributed by atoms with van der Waals surface area (Å²) in [4.78, 5) is 0. The Morgan fingerprint density at radius 2 is 1.91 bits per heavy atom. The summed E-state index contributed by atoms with van der Waals surface area (Å²) in [5.41, 5.74) is 6.53. The number of nitrogens with two attached hydrogens (primary N) is 1. The lowest BCUT2D eigenvalue weighted by atomic mass is 10.2. The van der Waals surface area contributed by atoms with Crippen LogP contribution in [-0.2, 0) is 6.54 Å². The van der Waals surface area contributed by atoms with Gasteiger partial charge in [0.05, 0.1) is 0 Å². The van der Waals surface area contributed by atoms with Gasteiger partial charge in [-0.05, 0) is 17.7 Å². The van der Waals surface area contributed by atoms with Gasteiger partial charge in [0, 0.05) is 17.7 Å². The minimum Gasteiger partial charge on any atom is -0.318 e. The van der Waals surface area contributed by atoms with E-state index >= 15 is 0 Å². The van der Waals surface area contributed by atoms with Crippen LogP contribution in [0.15, 0.2) is 28.7 Å². The maximum atomic E-state index is 5.29. The zero-order valence-corrected chi connectivity index (χ0v) is 7.76. The molecule has 0 radical (unpaired) electrons. The fourth-order valence-corrected chi connectivity index (χ4v) is 1.08. The van der Waals surface area contributed by atoms with Crippen molar-refractivity contribution in [1.29, 1.82) is 0 Å². The molecule has 0 aliphatic carbocycles. The smallest absolute Gasteiger partial charge is 0.0431 e. The zero-order valence-electron chi connectivity index (χ0n) is 6.18. The second-order valence-electron chi connectivity index (χ2n) is 2.26. The van der Waals surface area contributed by atoms with E-state index < -0.39 is 0 Å². The number of rotatable bonds is 3. The van der Waals surface area contributed by atoms with Crippen LogP contribution in [0.5, 0.6) is 0 Å². The van der Waals surface area contributed by atoms with E-state index in [1.165, 1.54) is 5.56 Å². The lowest BCUT2D eigenvalue weighted by molar-refractivity contribution is 0.709. The monoisotopic (exact) mass is 214 g/mol. The standard InChI is InChI=1S/C8H11BrN2/c9-8-3-1-7(2-4-8)5-11-6-10/h1-4,11H,5-6,10H2. The summed E-state index contributed by atoms with van der Waals surface area (Å²) in [5, 5.41) is 3.05. The highest BCUT2D eigenvalue weighted by atomic mass is 79.9. The van der Waals surface area contributed by atoms with Crippen LogP contribution in [0.4, 0.5) is 0 Å². The van der Waals surface area contributed by atoms with Crippen LogP contribution < -0.4 is 11.1 Å². The van der Waals surface area contributed by atoms with E-state index in [0.29, 0.717) is 6.67 Å². The third-order valence-electron chi connectivity index (χ3n) is 1.39. The highest BCUT2D eigenvalue weighted by Gasteiger charge is 1.89. The van der Waals surface area contributed by atoms with Crippen molar-refractivity contribution < 1.29 is 0 Å². The van der Waals surface area contributed by atoms with Crippen molar-refractivity contribution in [3.63, 3.8) is 0 Å². The van der Waals surface area contributed by atoms with Crippen molar-refractivity contribution in [3.05, 3.63) is 34.3 Å². The second kappa shape index (κ2) is 4.49. The van der Waals surface area contributed by atoms with Gasteiger partial charge < -0.3 is 11.1 Å². The first-order valence-corrected chi connectivity index (χ1v) is 4.27. The van der Waals surface area contributed by atoms with E-state index in [9.17, 15) is 0 Å². The van der Waals surface area contributed by atoms with E-state index in [1.54, 1.807) is 0 Å². The number of hydrogen-bond donors (Lipinski definition) is 2. The maximum Gasteiger partial charge on any atom is 0.0431 e. The Morgan fingerprint density at radius 3 is 2.45 bits per heavy atom. The van der Waals surface area contributed by atoms with Crippen molar-refractivity contribution in [2.24, 2.45) is 5.73 Å². The highest BCUT2D eigenvalue weighted by Crippen LogP contribution is 2.09. The molecule has 0 aliphatic rings. The van der Waals surface area contributed by atoms with E-state index in [4.69, 9.17) is 5.73 Å². The van der Waals surface area contributed by atoms with E-state index in [2.05, 4.69) is 33.4 Å². The van der Waals surface area contributed by atoms with Crippen LogP contribution >= 0.6 is 15.9 Å². The van der Waals surface area contributed by atoms with Gasteiger partial charge in [0.2, 0.25) is 0 Å². The third-order valence-corrected chi connectivity index (χ3v) is 1.92. The average molecular weight is 215 g/mol. The summed E-state index contributed by atoms with van der Waals surface area (Å²) in [7, 11) is 0. The van der Waals surface area contributed by atoms with Crippen LogP contribution in [0.2, 0.25) is 0 Å². The molecule has 3 N–H and O–H groups in total. The van der Waals surface area contributed by atoms with E-state index in [0.717, 1.165) is 11.0 Å². The molecule has 60 valence electrons. The molecule has 0 heterocycles. The third kappa shape index (κ3) is 3.01. The van der Waals surface area contributed by atoms with Gasteiger partial charge in [0.15, 0.2) is 0 Å². The number of nitrogens with one attached hydrogen (secondary N) is 1. The first-order valence-electron chi connectivity index (χ1n) is 3.48. The van der Waals surface area contributed by atoms with Gasteiger partial charge in [-0.25, -0.2) is 0 Å². The molecule has 1 aromatic rings. The number of hydrogen-bond acceptors (Lipinski definition) is 2. The molecule has 0 amide bonds. The van der Waals surface area contributed by atoms with Crippen molar-refractivity contribution >= 4 is 15.9 Å². The Balaban J connectivity index is 2.52. The number of benzene rings is 1. The van der Waals surface area contributed by atoms with Gasteiger partial charge in [-0.1, -0.05) is 28.1 Å². The lowest BCUT2D eigenvalue weighted by Gasteiger charge is -2.00. The minimum atomic E-state index is 0.524. The molecule has 2 nitrogen and oxygen atoms in total. The highest BCUT2D eigenvalue weighted by molar-refractivity contribution is 9.10. The predicted molar refractivity (Wildman–Crippen MR) is 50.0 cm³/mol. The van der Waals surface area contributed by atoms with Crippen molar-refractivity contribution in [2.45, 2.75) is 6.54 Å². The molecule has 0 fully saturated rings. The Bertz CT molecular complexity index is 208. The minimum absolute atomic E-state index is 0.524. The summed E-state index contributed by atoms with van der Waals surface area (Å²) in [6, 6.07) is 8.17. The molecule has 1 rings (SSSR count). The van der Waals surface area contributed by atoms with Gasteiger partial charge in [0.1, 0.15) is 0 Å². The fourth-order valence-electron chi connectivity index (χ4n) is 0.819. The molecule has 3 heteroatoms. The SMILES string of the molecule is NCNCc1ccc(Br)cc1. The zero-order chi connectivity index (χ0) is 8.10. The molecule has 0 saturated carbocycles. The molecule has 0 atom stereocenters. The van der Waals surface area contributed by atoms with Crippen LogP contribution in [-0.4, -0.2) is 6.67 Å². The van der Waals surface area contributed by atoms with E-state index in [1.807, 2.05) is 12.1 Å². The summed E-state index contributed by atoms with van der Waals surface area (Å²) in [6.07, 6.45) is 0. The molecule has 1 aromatic carbocycles. The molecule has 0 aromatic heterocycles. The number of halogens is 1. The molecule has 0 aliphatic heterocycles. The summed E-state index contributed by atoms with van der Waals surface area (Å²) in [6.45, 7) is 1.36. The normalized spacial score (nSPS) is 10.0. The largest absolute Gasteiger partial charge is 0.318 e. The summed E-state index contributed by atoms with van der Waals surface area (Å²) >= 11 is 3.37. The van der Waals surface area contributed by atoms with Crippen LogP contribution in [0.25, 0.3) is 0 Å². The average Bonchev–Trinajstić information content (AvgIpc) is 2.04. The van der Waals surface area contributed by atoms with E-state index in [-0.39, 0.29) is 0 Å². The summed E-state index contributed by atoms with van der Waals surface area (Å²) in [5.74, 6) is 0. The van der Waals surface area contributed by atoms with Crippen LogP contribution in [0.3, 0.4) is 0 Å². The molecule has 0 bridgehead atoms. The van der Waals surface area contributed by atoms with Crippen molar-refractivity contribution in [2.75, 3.05) is 6.67 Å². The molecule has 0 spiro atoms. The fraction of sp³-hybridized carbons (Fsp3) is 0.250. The molecular weight excluding hydrogens is 204 g/mol. The summed E-state index contributed by atoms with van der Waals surface area (Å²) < 4.78 is 1.11. The maximum absolute atomic E-state index is 5.29. The predicted octanol–water partition coefficient (Wildman–Crippen LogP) is 1.45. The molecule has 0 saturated heterocycles. The van der Waals surface area contributed by atoms with Crippen LogP contribution in [0.1, 0.15) is 5.56 Å². The topological polar surface area (TPSA) is 38.0 Å². The second-order valence-corrected chi connectivity index (χ2v) is 3.17. The van der Waals surface area contributed by atoms with Gasteiger partial charge in [-0.3, -0.25) is 0 Å². The Hall–Kier alpha value is -0.380. The first kappa shape index (κ1) is 8.71. The Kier molecular flexibility index (Phi) is 3.56. The first-order chi connectivity index (χ1) is 5.33. The Morgan fingerprint density at radius 1 is 1.27 bits per heavy atom. The van der Waals surface area contributed by atoms with Crippen LogP contribution in [0, 0.1) is 0 Å². The van der Waals surface area contributed by atoms with Crippen molar-refractivity contribution in [3.8, 4) is 0 Å². The van der Waals surface area contributed by atoms with Gasteiger partial charge in [-0.2, -0.15) is 0 Å². The van der Waals surface area contributed by atoms with Gasteiger partial charge in [-0.15, -0.1) is 0 Å². The van der Waals surface area contributed by atoms with Crippen molar-refractivity contribution in [1.82, 2.24) is 5.32 Å². The molecular formula is C8H11BrN2. The molecule has 11 heavy (non-hydrogen) atoms.